The molecule has 1 aromatic heterocycles. The molecule has 0 saturated heterocycles. The quantitative estimate of drug-likeness (QED) is 0.841. The Morgan fingerprint density at radius 2 is 2.00 bits per heavy atom. The van der Waals surface area contributed by atoms with Gasteiger partial charge in [0.25, 0.3) is 0 Å². The number of carbonyl (C=O) groups excluding carboxylic acids is 2. The SMILES string of the molecule is CC(C)NC(=O)N(CC(=O)N1CCn2cccc2[C@@H]1c1cccc(F)c1)C1CC1. The van der Waals surface area contributed by atoms with Gasteiger partial charge in [0.15, 0.2) is 0 Å². The van der Waals surface area contributed by atoms with E-state index < -0.39 is 0 Å². The van der Waals surface area contributed by atoms with Crippen LogP contribution in [0.5, 0.6) is 0 Å². The minimum atomic E-state index is -0.365. The van der Waals surface area contributed by atoms with Gasteiger partial charge in [-0.2, -0.15) is 0 Å². The summed E-state index contributed by atoms with van der Waals surface area (Å²) in [5.74, 6) is -0.438. The lowest BCUT2D eigenvalue weighted by Gasteiger charge is -2.38. The molecule has 4 rings (SSSR count). The molecule has 1 atom stereocenters. The van der Waals surface area contributed by atoms with Gasteiger partial charge in [0.1, 0.15) is 12.4 Å². The van der Waals surface area contributed by atoms with Gasteiger partial charge in [-0.25, -0.2) is 9.18 Å². The number of nitrogens with zero attached hydrogens (tertiary/aromatic N) is 3. The molecule has 0 spiro atoms. The number of nitrogens with one attached hydrogen (secondary N) is 1. The maximum absolute atomic E-state index is 13.9. The fraction of sp³-hybridized carbons (Fsp3) is 0.455. The minimum absolute atomic E-state index is 0.0113. The van der Waals surface area contributed by atoms with Crippen molar-refractivity contribution in [1.29, 1.82) is 0 Å². The van der Waals surface area contributed by atoms with Gasteiger partial charge in [-0.3, -0.25) is 4.79 Å². The van der Waals surface area contributed by atoms with Gasteiger partial charge in [-0.05, 0) is 56.5 Å². The lowest BCUT2D eigenvalue weighted by molar-refractivity contribution is -0.134. The summed E-state index contributed by atoms with van der Waals surface area (Å²) in [5.41, 5.74) is 1.70. The Morgan fingerprint density at radius 3 is 2.69 bits per heavy atom. The number of hydrogen-bond donors (Lipinski definition) is 1. The Labute approximate surface area is 170 Å². The summed E-state index contributed by atoms with van der Waals surface area (Å²) < 4.78 is 16.0. The Morgan fingerprint density at radius 1 is 1.21 bits per heavy atom. The number of aromatic nitrogens is 1. The summed E-state index contributed by atoms with van der Waals surface area (Å²) in [6, 6.07) is 9.90. The molecule has 29 heavy (non-hydrogen) atoms. The van der Waals surface area contributed by atoms with E-state index in [0.29, 0.717) is 13.1 Å². The van der Waals surface area contributed by atoms with Gasteiger partial charge < -0.3 is 19.7 Å². The van der Waals surface area contributed by atoms with Crippen LogP contribution in [0, 0.1) is 5.82 Å². The van der Waals surface area contributed by atoms with E-state index in [4.69, 9.17) is 0 Å². The predicted octanol–water partition coefficient (Wildman–Crippen LogP) is 3.14. The van der Waals surface area contributed by atoms with E-state index in [1.54, 1.807) is 15.9 Å². The number of benzene rings is 1. The van der Waals surface area contributed by atoms with E-state index in [1.165, 1.54) is 12.1 Å². The number of amides is 3. The summed E-state index contributed by atoms with van der Waals surface area (Å²) in [6.07, 6.45) is 3.83. The maximum atomic E-state index is 13.9. The summed E-state index contributed by atoms with van der Waals surface area (Å²) >= 11 is 0. The summed E-state index contributed by atoms with van der Waals surface area (Å²) in [4.78, 5) is 29.4. The second-order valence-electron chi connectivity index (χ2n) is 8.13. The van der Waals surface area contributed by atoms with Crippen LogP contribution < -0.4 is 5.32 Å². The van der Waals surface area contributed by atoms with E-state index in [9.17, 15) is 14.0 Å². The maximum Gasteiger partial charge on any atom is 0.318 e. The average molecular weight is 398 g/mol. The summed E-state index contributed by atoms with van der Waals surface area (Å²) in [6.45, 7) is 5.05. The van der Waals surface area contributed by atoms with E-state index in [2.05, 4.69) is 9.88 Å². The van der Waals surface area contributed by atoms with Gasteiger partial charge in [-0.1, -0.05) is 12.1 Å². The number of urea groups is 1. The van der Waals surface area contributed by atoms with Crippen LogP contribution in [-0.4, -0.2) is 51.5 Å². The van der Waals surface area contributed by atoms with E-state index in [-0.39, 0.29) is 42.4 Å². The monoisotopic (exact) mass is 398 g/mol. The normalized spacial score (nSPS) is 18.5. The molecule has 1 aromatic carbocycles. The number of hydrogen-bond acceptors (Lipinski definition) is 2. The van der Waals surface area contributed by atoms with Crippen molar-refractivity contribution in [3.63, 3.8) is 0 Å². The molecule has 154 valence electrons. The second-order valence-corrected chi connectivity index (χ2v) is 8.13. The molecular formula is C22H27FN4O2. The third-order valence-corrected chi connectivity index (χ3v) is 5.49. The first-order valence-corrected chi connectivity index (χ1v) is 10.2. The Hall–Kier alpha value is -2.83. The smallest absolute Gasteiger partial charge is 0.318 e. The van der Waals surface area contributed by atoms with Crippen molar-refractivity contribution in [2.24, 2.45) is 0 Å². The van der Waals surface area contributed by atoms with Gasteiger partial charge in [0, 0.05) is 37.1 Å². The first kappa shape index (κ1) is 19.5. The van der Waals surface area contributed by atoms with Crippen LogP contribution in [-0.2, 0) is 11.3 Å². The lowest BCUT2D eigenvalue weighted by Crippen LogP contribution is -2.51. The Kier molecular flexibility index (Phi) is 5.30. The molecule has 0 bridgehead atoms. The van der Waals surface area contributed by atoms with Crippen molar-refractivity contribution in [2.75, 3.05) is 13.1 Å². The first-order valence-electron chi connectivity index (χ1n) is 10.2. The van der Waals surface area contributed by atoms with Crippen LogP contribution in [0.25, 0.3) is 0 Å². The highest BCUT2D eigenvalue weighted by Gasteiger charge is 2.38. The van der Waals surface area contributed by atoms with Crippen molar-refractivity contribution in [1.82, 2.24) is 19.7 Å². The van der Waals surface area contributed by atoms with Gasteiger partial charge in [0.05, 0.1) is 6.04 Å². The highest BCUT2D eigenvalue weighted by Crippen LogP contribution is 2.33. The highest BCUT2D eigenvalue weighted by atomic mass is 19.1. The van der Waals surface area contributed by atoms with Crippen molar-refractivity contribution in [3.8, 4) is 0 Å². The zero-order valence-electron chi connectivity index (χ0n) is 16.8. The number of carbonyl (C=O) groups is 2. The fourth-order valence-electron chi connectivity index (χ4n) is 4.00. The van der Waals surface area contributed by atoms with Gasteiger partial charge >= 0.3 is 6.03 Å². The predicted molar refractivity (Wildman–Crippen MR) is 108 cm³/mol. The molecule has 1 N–H and O–H groups in total. The summed E-state index contributed by atoms with van der Waals surface area (Å²) in [7, 11) is 0. The fourth-order valence-corrected chi connectivity index (χ4v) is 4.00. The molecule has 2 aliphatic rings. The van der Waals surface area contributed by atoms with Crippen LogP contribution in [0.1, 0.15) is 44.0 Å². The molecule has 6 nitrogen and oxygen atoms in total. The van der Waals surface area contributed by atoms with Gasteiger partial charge in [-0.15, -0.1) is 0 Å². The lowest BCUT2D eigenvalue weighted by atomic mass is 9.99. The van der Waals surface area contributed by atoms with E-state index in [1.807, 2.05) is 38.2 Å². The molecular weight excluding hydrogens is 371 g/mol. The van der Waals surface area contributed by atoms with E-state index in [0.717, 1.165) is 24.1 Å². The topological polar surface area (TPSA) is 57.6 Å². The van der Waals surface area contributed by atoms with Crippen molar-refractivity contribution < 1.29 is 14.0 Å². The molecule has 2 heterocycles. The molecule has 1 aliphatic carbocycles. The third-order valence-electron chi connectivity index (χ3n) is 5.49. The van der Waals surface area contributed by atoms with Crippen LogP contribution in [0.4, 0.5) is 9.18 Å². The molecule has 0 unspecified atom stereocenters. The number of rotatable bonds is 5. The molecule has 7 heteroatoms. The van der Waals surface area contributed by atoms with Crippen molar-refractivity contribution >= 4 is 11.9 Å². The zero-order chi connectivity index (χ0) is 20.5. The first-order chi connectivity index (χ1) is 13.9. The van der Waals surface area contributed by atoms with Crippen molar-refractivity contribution in [2.45, 2.75) is 51.4 Å². The zero-order valence-corrected chi connectivity index (χ0v) is 16.8. The van der Waals surface area contributed by atoms with Crippen LogP contribution in [0.3, 0.4) is 0 Å². The molecule has 2 aromatic rings. The number of halogens is 1. The molecule has 3 amide bonds. The molecule has 1 aliphatic heterocycles. The second kappa shape index (κ2) is 7.89. The van der Waals surface area contributed by atoms with Crippen molar-refractivity contribution in [3.05, 3.63) is 59.7 Å². The Bertz CT molecular complexity index is 906. The van der Waals surface area contributed by atoms with Crippen LogP contribution in [0.15, 0.2) is 42.6 Å². The summed E-state index contributed by atoms with van der Waals surface area (Å²) in [5, 5.41) is 2.90. The van der Waals surface area contributed by atoms with Crippen LogP contribution >= 0.6 is 0 Å². The largest absolute Gasteiger partial charge is 0.348 e. The Balaban J connectivity index is 1.60. The standard InChI is InChI=1S/C22H27FN4O2/c1-15(2)24-22(29)27(18-8-9-18)14-20(28)26-12-11-25-10-4-7-19(25)21(26)16-5-3-6-17(23)13-16/h3-7,10,13,15,18,21H,8-9,11-12,14H2,1-2H3,(H,24,29)/t21-/m0/s1. The highest BCUT2D eigenvalue weighted by molar-refractivity contribution is 5.85. The van der Waals surface area contributed by atoms with E-state index >= 15 is 0 Å². The molecule has 1 saturated carbocycles. The number of fused-ring (bicyclic) bond motifs is 1. The molecule has 0 radical (unpaired) electrons. The average Bonchev–Trinajstić information content (AvgIpc) is 3.40. The third kappa shape index (κ3) is 4.13. The van der Waals surface area contributed by atoms with Crippen LogP contribution in [0.2, 0.25) is 0 Å². The molecule has 1 fully saturated rings. The van der Waals surface area contributed by atoms with Gasteiger partial charge in [0.2, 0.25) is 5.91 Å². The minimum Gasteiger partial charge on any atom is -0.348 e.